The van der Waals surface area contributed by atoms with Crippen molar-refractivity contribution in [2.45, 2.75) is 0 Å². The highest BCUT2D eigenvalue weighted by molar-refractivity contribution is 7.21. The van der Waals surface area contributed by atoms with E-state index < -0.39 is 0 Å². The van der Waals surface area contributed by atoms with Crippen molar-refractivity contribution in [1.29, 1.82) is 0 Å². The summed E-state index contributed by atoms with van der Waals surface area (Å²) in [6, 6.07) is 60.9. The van der Waals surface area contributed by atoms with Crippen LogP contribution in [0.3, 0.4) is 0 Å². The van der Waals surface area contributed by atoms with Gasteiger partial charge in [0.15, 0.2) is 17.5 Å². The molecule has 0 fully saturated rings. The topological polar surface area (TPSA) is 56.5 Å². The molecule has 0 amide bonds. The molecule has 0 aliphatic rings. The first-order chi connectivity index (χ1) is 25.8. The average molecular weight is 684 g/mol. The fourth-order valence-corrected chi connectivity index (χ4v) is 8.19. The molecule has 6 heteroatoms. The Morgan fingerprint density at radius 3 is 1.67 bits per heavy atom. The Labute approximate surface area is 304 Å². The van der Waals surface area contributed by atoms with Gasteiger partial charge in [-0.3, -0.25) is 0 Å². The Kier molecular flexibility index (Phi) is 7.25. The second-order valence-corrected chi connectivity index (χ2v) is 13.7. The van der Waals surface area contributed by atoms with Crippen molar-refractivity contribution in [2.24, 2.45) is 0 Å². The van der Waals surface area contributed by atoms with Crippen molar-refractivity contribution in [2.75, 3.05) is 0 Å². The molecule has 3 heterocycles. The molecule has 3 aromatic heterocycles. The molecule has 5 nitrogen and oxygen atoms in total. The molecule has 0 saturated carbocycles. The lowest BCUT2D eigenvalue weighted by Crippen LogP contribution is -2.03. The maximum Gasteiger partial charge on any atom is 0.164 e. The highest BCUT2D eigenvalue weighted by atomic mass is 32.1. The first kappa shape index (κ1) is 30.1. The third kappa shape index (κ3) is 5.08. The summed E-state index contributed by atoms with van der Waals surface area (Å²) in [7, 11) is 0. The Morgan fingerprint density at radius 1 is 0.404 bits per heavy atom. The Balaban J connectivity index is 1.27. The number of rotatable bonds is 6. The van der Waals surface area contributed by atoms with Crippen molar-refractivity contribution in [3.05, 3.63) is 176 Å². The van der Waals surface area contributed by atoms with E-state index in [0.717, 1.165) is 60.6 Å². The van der Waals surface area contributed by atoms with Gasteiger partial charge >= 0.3 is 0 Å². The monoisotopic (exact) mass is 683 g/mol. The van der Waals surface area contributed by atoms with Gasteiger partial charge in [0.1, 0.15) is 5.01 Å². The van der Waals surface area contributed by atoms with Crippen molar-refractivity contribution in [3.8, 4) is 61.5 Å². The fraction of sp³-hybridized carbons (Fsp3) is 0. The van der Waals surface area contributed by atoms with Gasteiger partial charge in [-0.25, -0.2) is 19.9 Å². The molecule has 10 rings (SSSR count). The van der Waals surface area contributed by atoms with Crippen LogP contribution in [-0.4, -0.2) is 24.5 Å². The van der Waals surface area contributed by atoms with Crippen LogP contribution in [0.1, 0.15) is 0 Å². The van der Waals surface area contributed by atoms with Crippen molar-refractivity contribution >= 4 is 43.4 Å². The molecule has 0 atom stereocenters. The number of fused-ring (bicyclic) bond motifs is 4. The molecule has 0 bridgehead atoms. The molecule has 0 aliphatic carbocycles. The van der Waals surface area contributed by atoms with Gasteiger partial charge in [0.2, 0.25) is 0 Å². The van der Waals surface area contributed by atoms with E-state index in [-0.39, 0.29) is 0 Å². The van der Waals surface area contributed by atoms with Gasteiger partial charge in [0.25, 0.3) is 0 Å². The third-order valence-corrected chi connectivity index (χ3v) is 10.6. The van der Waals surface area contributed by atoms with Gasteiger partial charge in [-0.15, -0.1) is 11.3 Å². The molecule has 0 radical (unpaired) electrons. The summed E-state index contributed by atoms with van der Waals surface area (Å²) >= 11 is 1.73. The number of aromatic nitrogens is 5. The average Bonchev–Trinajstić information content (AvgIpc) is 3.81. The second kappa shape index (κ2) is 12.5. The molecule has 7 aromatic carbocycles. The van der Waals surface area contributed by atoms with Crippen LogP contribution in [0.5, 0.6) is 0 Å². The van der Waals surface area contributed by atoms with E-state index in [1.165, 1.54) is 15.5 Å². The molecule has 0 N–H and O–H groups in total. The third-order valence-electron chi connectivity index (χ3n) is 9.51. The number of nitrogens with zero attached hydrogens (tertiary/aromatic N) is 5. The number of hydrogen-bond acceptors (Lipinski definition) is 5. The molecule has 0 saturated heterocycles. The summed E-state index contributed by atoms with van der Waals surface area (Å²) in [5.41, 5.74) is 10.3. The van der Waals surface area contributed by atoms with E-state index in [0.29, 0.717) is 17.5 Å². The standard InChI is InChI=1S/C46H29N5S/c1-4-16-30(17-5-1)41-34(45-49-43(31-18-6-2-7-19-31)48-44(50-45)32-20-8-3-9-21-32)23-14-27-38(41)51-37-26-12-10-22-33(37)42-35(24-15-28-39(42)51)46-47-36-25-11-13-29-40(36)52-46/h1-29H. The number of para-hydroxylation sites is 2. The minimum atomic E-state index is 0.615. The van der Waals surface area contributed by atoms with Crippen LogP contribution in [0, 0.1) is 0 Å². The maximum absolute atomic E-state index is 5.17. The van der Waals surface area contributed by atoms with E-state index in [4.69, 9.17) is 19.9 Å². The first-order valence-electron chi connectivity index (χ1n) is 17.2. The quantitative estimate of drug-likeness (QED) is 0.175. The smallest absolute Gasteiger partial charge is 0.164 e. The van der Waals surface area contributed by atoms with Gasteiger partial charge in [0.05, 0.1) is 26.9 Å². The number of thiazole rings is 1. The van der Waals surface area contributed by atoms with Gasteiger partial charge in [-0.05, 0) is 35.9 Å². The molecular weight excluding hydrogens is 655 g/mol. The highest BCUT2D eigenvalue weighted by Gasteiger charge is 2.23. The summed E-state index contributed by atoms with van der Waals surface area (Å²) in [4.78, 5) is 20.4. The maximum atomic E-state index is 5.17. The summed E-state index contributed by atoms with van der Waals surface area (Å²) in [6.07, 6.45) is 0. The van der Waals surface area contributed by atoms with E-state index >= 15 is 0 Å². The second-order valence-electron chi connectivity index (χ2n) is 12.6. The molecule has 52 heavy (non-hydrogen) atoms. The van der Waals surface area contributed by atoms with Crippen LogP contribution >= 0.6 is 11.3 Å². The van der Waals surface area contributed by atoms with Crippen LogP contribution in [0.2, 0.25) is 0 Å². The van der Waals surface area contributed by atoms with E-state index in [1.54, 1.807) is 11.3 Å². The van der Waals surface area contributed by atoms with Crippen LogP contribution < -0.4 is 0 Å². The summed E-state index contributed by atoms with van der Waals surface area (Å²) < 4.78 is 3.57. The zero-order chi connectivity index (χ0) is 34.4. The van der Waals surface area contributed by atoms with Crippen molar-refractivity contribution in [1.82, 2.24) is 24.5 Å². The van der Waals surface area contributed by atoms with Crippen LogP contribution in [-0.2, 0) is 0 Å². The highest BCUT2D eigenvalue weighted by Crippen LogP contribution is 2.44. The summed E-state index contributed by atoms with van der Waals surface area (Å²) in [5, 5.41) is 3.37. The van der Waals surface area contributed by atoms with Gasteiger partial charge in [-0.2, -0.15) is 0 Å². The Hall–Kier alpha value is -6.76. The SMILES string of the molecule is c1ccc(-c2nc(-c3ccccc3)nc(-c3cccc(-n4c5ccccc5c5c(-c6nc7ccccc7s6)cccc54)c3-c3ccccc3)n2)cc1. The lowest BCUT2D eigenvalue weighted by Gasteiger charge is -2.18. The Morgan fingerprint density at radius 2 is 0.962 bits per heavy atom. The van der Waals surface area contributed by atoms with Gasteiger partial charge in [-0.1, -0.05) is 146 Å². The molecule has 0 spiro atoms. The molecule has 0 aliphatic heterocycles. The zero-order valence-electron chi connectivity index (χ0n) is 27.9. The summed E-state index contributed by atoms with van der Waals surface area (Å²) in [6.45, 7) is 0. The normalized spacial score (nSPS) is 11.5. The molecular formula is C46H29N5S. The van der Waals surface area contributed by atoms with Crippen LogP contribution in [0.15, 0.2) is 176 Å². The molecule has 10 aromatic rings. The first-order valence-corrected chi connectivity index (χ1v) is 18.1. The lowest BCUT2D eigenvalue weighted by molar-refractivity contribution is 1.07. The predicted octanol–water partition coefficient (Wildman–Crippen LogP) is 11.9. The summed E-state index contributed by atoms with van der Waals surface area (Å²) in [5.74, 6) is 1.88. The number of benzene rings is 7. The molecule has 244 valence electrons. The minimum Gasteiger partial charge on any atom is -0.309 e. The zero-order valence-corrected chi connectivity index (χ0v) is 28.7. The van der Waals surface area contributed by atoms with E-state index in [1.807, 2.05) is 60.7 Å². The lowest BCUT2D eigenvalue weighted by atomic mass is 9.96. The predicted molar refractivity (Wildman–Crippen MR) is 215 cm³/mol. The molecule has 0 unspecified atom stereocenters. The largest absolute Gasteiger partial charge is 0.309 e. The van der Waals surface area contributed by atoms with Crippen molar-refractivity contribution in [3.63, 3.8) is 0 Å². The number of hydrogen-bond donors (Lipinski definition) is 0. The fourth-order valence-electron chi connectivity index (χ4n) is 7.19. The van der Waals surface area contributed by atoms with E-state index in [9.17, 15) is 0 Å². The minimum absolute atomic E-state index is 0.615. The van der Waals surface area contributed by atoms with Crippen molar-refractivity contribution < 1.29 is 0 Å². The van der Waals surface area contributed by atoms with Gasteiger partial charge < -0.3 is 4.57 Å². The van der Waals surface area contributed by atoms with E-state index in [2.05, 4.69) is 120 Å². The van der Waals surface area contributed by atoms with Crippen LogP contribution in [0.25, 0.3) is 93.6 Å². The Bertz CT molecular complexity index is 2810. The van der Waals surface area contributed by atoms with Gasteiger partial charge in [0, 0.05) is 38.6 Å². The van der Waals surface area contributed by atoms with Crippen LogP contribution in [0.4, 0.5) is 0 Å².